The molecule has 0 atom stereocenters. The van der Waals surface area contributed by atoms with Crippen molar-refractivity contribution >= 4 is 33.1 Å². The summed E-state index contributed by atoms with van der Waals surface area (Å²) in [7, 11) is -3.96. The highest BCUT2D eigenvalue weighted by Crippen LogP contribution is 2.26. The van der Waals surface area contributed by atoms with E-state index in [-0.39, 0.29) is 32.4 Å². The molecule has 9 heteroatoms. The molecule has 0 spiro atoms. The predicted octanol–water partition coefficient (Wildman–Crippen LogP) is 3.85. The number of pyridine rings is 1. The normalized spacial score (nSPS) is 11.9. The van der Waals surface area contributed by atoms with Crippen LogP contribution < -0.4 is 4.72 Å². The molecule has 1 N–H and O–H groups in total. The van der Waals surface area contributed by atoms with Crippen molar-refractivity contribution in [1.82, 2.24) is 15.0 Å². The van der Waals surface area contributed by atoms with Gasteiger partial charge in [0.15, 0.2) is 0 Å². The number of ketones is 1. The van der Waals surface area contributed by atoms with Crippen LogP contribution in [0.2, 0.25) is 5.02 Å². The summed E-state index contributed by atoms with van der Waals surface area (Å²) in [6.07, 6.45) is 3.91. The summed E-state index contributed by atoms with van der Waals surface area (Å²) in [5, 5.41) is 0.185. The minimum atomic E-state index is -3.96. The fourth-order valence-corrected chi connectivity index (χ4v) is 3.80. The van der Waals surface area contributed by atoms with Crippen LogP contribution in [0.3, 0.4) is 0 Å². The quantitative estimate of drug-likeness (QED) is 0.616. The minimum Gasteiger partial charge on any atom is -0.285 e. The van der Waals surface area contributed by atoms with Gasteiger partial charge in [-0.15, -0.1) is 0 Å². The van der Waals surface area contributed by atoms with Crippen molar-refractivity contribution in [3.05, 3.63) is 77.1 Å². The lowest BCUT2D eigenvalue weighted by atomic mass is 9.87. The Hall–Kier alpha value is -2.84. The maximum Gasteiger partial charge on any atom is 0.261 e. The molecule has 150 valence electrons. The monoisotopic (exact) mass is 430 g/mol. The van der Waals surface area contributed by atoms with E-state index in [0.717, 1.165) is 5.56 Å². The first-order valence-electron chi connectivity index (χ1n) is 8.67. The van der Waals surface area contributed by atoms with Gasteiger partial charge in [-0.3, -0.25) is 9.52 Å². The second kappa shape index (κ2) is 7.88. The first kappa shape index (κ1) is 20.9. The maximum atomic E-state index is 12.9. The number of nitrogens with one attached hydrogen (secondary N) is 1. The number of hydrogen-bond donors (Lipinski definition) is 1. The zero-order valence-corrected chi connectivity index (χ0v) is 17.6. The predicted molar refractivity (Wildman–Crippen MR) is 111 cm³/mol. The van der Waals surface area contributed by atoms with Gasteiger partial charge in [0.2, 0.25) is 5.78 Å². The van der Waals surface area contributed by atoms with Gasteiger partial charge in [0.1, 0.15) is 17.7 Å². The lowest BCUT2D eigenvalue weighted by molar-refractivity contribution is 0.103. The third kappa shape index (κ3) is 4.78. The number of benzene rings is 1. The van der Waals surface area contributed by atoms with E-state index in [1.807, 2.05) is 20.8 Å². The number of aromatic nitrogens is 3. The number of anilines is 1. The average Bonchev–Trinajstić information content (AvgIpc) is 2.67. The molecule has 0 aliphatic heterocycles. The van der Waals surface area contributed by atoms with E-state index in [2.05, 4.69) is 19.7 Å². The lowest BCUT2D eigenvalue weighted by Crippen LogP contribution is -2.18. The van der Waals surface area contributed by atoms with E-state index in [0.29, 0.717) is 0 Å². The van der Waals surface area contributed by atoms with Gasteiger partial charge in [-0.05, 0) is 35.2 Å². The molecule has 1 aromatic carbocycles. The lowest BCUT2D eigenvalue weighted by Gasteiger charge is -2.19. The molecule has 0 unspecified atom stereocenters. The molecule has 2 aromatic heterocycles. The van der Waals surface area contributed by atoms with Crippen LogP contribution in [0.25, 0.3) is 0 Å². The first-order chi connectivity index (χ1) is 13.6. The average molecular weight is 431 g/mol. The Balaban J connectivity index is 1.97. The van der Waals surface area contributed by atoms with Crippen LogP contribution in [-0.4, -0.2) is 29.2 Å². The summed E-state index contributed by atoms with van der Waals surface area (Å²) in [6.45, 7) is 6.12. The third-order valence-corrected chi connectivity index (χ3v) is 5.75. The number of sulfonamides is 1. The second-order valence-corrected chi connectivity index (χ2v) is 9.47. The van der Waals surface area contributed by atoms with E-state index in [9.17, 15) is 13.2 Å². The Bertz CT molecular complexity index is 1140. The highest BCUT2D eigenvalue weighted by molar-refractivity contribution is 7.92. The molecule has 0 bridgehead atoms. The zero-order valence-electron chi connectivity index (χ0n) is 16.0. The largest absolute Gasteiger partial charge is 0.285 e. The fourth-order valence-electron chi connectivity index (χ4n) is 2.58. The molecule has 0 aliphatic rings. The number of nitrogens with zero attached hydrogens (tertiary/aromatic N) is 3. The van der Waals surface area contributed by atoms with Gasteiger partial charge in [0.05, 0.1) is 15.6 Å². The summed E-state index contributed by atoms with van der Waals surface area (Å²) in [5.74, 6) is -0.551. The van der Waals surface area contributed by atoms with Crippen LogP contribution in [-0.2, 0) is 15.4 Å². The van der Waals surface area contributed by atoms with Gasteiger partial charge in [0.25, 0.3) is 10.0 Å². The Morgan fingerprint density at radius 3 is 2.34 bits per heavy atom. The number of hydrogen-bond acceptors (Lipinski definition) is 6. The van der Waals surface area contributed by atoms with E-state index >= 15 is 0 Å². The van der Waals surface area contributed by atoms with E-state index < -0.39 is 15.8 Å². The topological polar surface area (TPSA) is 102 Å². The molecule has 0 radical (unpaired) electrons. The van der Waals surface area contributed by atoms with Gasteiger partial charge in [0, 0.05) is 12.4 Å². The Morgan fingerprint density at radius 1 is 1.07 bits per heavy atom. The Labute approximate surface area is 174 Å². The molecule has 0 saturated carbocycles. The minimum absolute atomic E-state index is 0.0268. The van der Waals surface area contributed by atoms with Crippen molar-refractivity contribution in [3.63, 3.8) is 0 Å². The summed E-state index contributed by atoms with van der Waals surface area (Å²) in [4.78, 5) is 24.5. The van der Waals surface area contributed by atoms with Crippen molar-refractivity contribution < 1.29 is 13.2 Å². The van der Waals surface area contributed by atoms with Crippen molar-refractivity contribution in [2.24, 2.45) is 0 Å². The number of rotatable bonds is 5. The van der Waals surface area contributed by atoms with Gasteiger partial charge in [-0.1, -0.05) is 44.5 Å². The van der Waals surface area contributed by atoms with E-state index in [4.69, 9.17) is 11.6 Å². The molecular formula is C20H19ClN4O3S. The van der Waals surface area contributed by atoms with E-state index in [1.54, 1.807) is 12.1 Å². The molecule has 3 rings (SSSR count). The standard InChI is InChI=1S/C20H19ClN4O3S/c1-20(2,3)13-4-6-15(7-5-13)29(27,28)25-17-10-14(21)11-23-18(17)19(26)16-8-9-22-12-24-16/h4-12,25H,1-3H3. The molecule has 3 aromatic rings. The van der Waals surface area contributed by atoms with Crippen LogP contribution in [0.1, 0.15) is 42.5 Å². The molecule has 29 heavy (non-hydrogen) atoms. The summed E-state index contributed by atoms with van der Waals surface area (Å²) >= 11 is 5.98. The smallest absolute Gasteiger partial charge is 0.261 e. The van der Waals surface area contributed by atoms with Crippen LogP contribution in [0.15, 0.2) is 60.0 Å². The first-order valence-corrected chi connectivity index (χ1v) is 10.5. The van der Waals surface area contributed by atoms with E-state index in [1.165, 1.54) is 43.0 Å². The van der Waals surface area contributed by atoms with Gasteiger partial charge in [-0.25, -0.2) is 23.4 Å². The van der Waals surface area contributed by atoms with Crippen molar-refractivity contribution in [2.75, 3.05) is 4.72 Å². The highest BCUT2D eigenvalue weighted by Gasteiger charge is 2.23. The molecule has 7 nitrogen and oxygen atoms in total. The molecule has 0 saturated heterocycles. The molecule has 0 fully saturated rings. The molecule has 0 aliphatic carbocycles. The maximum absolute atomic E-state index is 12.9. The number of halogens is 1. The summed E-state index contributed by atoms with van der Waals surface area (Å²) < 4.78 is 28.1. The van der Waals surface area contributed by atoms with Crippen LogP contribution in [0.5, 0.6) is 0 Å². The summed E-state index contributed by atoms with van der Waals surface area (Å²) in [6, 6.07) is 9.32. The summed E-state index contributed by atoms with van der Waals surface area (Å²) in [5.41, 5.74) is 0.846. The van der Waals surface area contributed by atoms with Crippen LogP contribution >= 0.6 is 11.6 Å². The Kier molecular flexibility index (Phi) is 5.68. The molecule has 2 heterocycles. The third-order valence-electron chi connectivity index (χ3n) is 4.16. The van der Waals surface area contributed by atoms with Crippen molar-refractivity contribution in [1.29, 1.82) is 0 Å². The second-order valence-electron chi connectivity index (χ2n) is 7.35. The number of carbonyl (C=O) groups excluding carboxylic acids is 1. The van der Waals surface area contributed by atoms with Gasteiger partial charge in [-0.2, -0.15) is 0 Å². The van der Waals surface area contributed by atoms with Crippen LogP contribution in [0.4, 0.5) is 5.69 Å². The Morgan fingerprint density at radius 2 is 1.76 bits per heavy atom. The van der Waals surface area contributed by atoms with Crippen molar-refractivity contribution in [3.8, 4) is 0 Å². The van der Waals surface area contributed by atoms with Gasteiger partial charge >= 0.3 is 0 Å². The van der Waals surface area contributed by atoms with Gasteiger partial charge < -0.3 is 0 Å². The highest BCUT2D eigenvalue weighted by atomic mass is 35.5. The molecular weight excluding hydrogens is 412 g/mol. The number of carbonyl (C=O) groups is 1. The fraction of sp³-hybridized carbons (Fsp3) is 0.200. The van der Waals surface area contributed by atoms with Crippen LogP contribution in [0, 0.1) is 0 Å². The molecule has 0 amide bonds. The SMILES string of the molecule is CC(C)(C)c1ccc(S(=O)(=O)Nc2cc(Cl)cnc2C(=O)c2ccncn2)cc1. The zero-order chi connectivity index (χ0) is 21.2. The van der Waals surface area contributed by atoms with Crippen molar-refractivity contribution in [2.45, 2.75) is 31.1 Å².